The number of benzene rings is 2. The highest BCUT2D eigenvalue weighted by atomic mass is 16.1. The number of para-hydroxylation sites is 1. The molecule has 0 saturated heterocycles. The number of rotatable bonds is 3. The van der Waals surface area contributed by atoms with Gasteiger partial charge in [0.25, 0.3) is 5.91 Å². The molecule has 2 aromatic carbocycles. The molecule has 0 unspecified atom stereocenters. The van der Waals surface area contributed by atoms with Crippen LogP contribution < -0.4 is 5.32 Å². The van der Waals surface area contributed by atoms with Gasteiger partial charge in [0.05, 0.1) is 5.56 Å². The molecule has 106 valence electrons. The second kappa shape index (κ2) is 5.44. The molecule has 2 N–H and O–H groups in total. The van der Waals surface area contributed by atoms with E-state index in [2.05, 4.69) is 30.2 Å². The zero-order chi connectivity index (χ0) is 14.8. The van der Waals surface area contributed by atoms with E-state index in [4.69, 9.17) is 0 Å². The maximum atomic E-state index is 12.4. The first-order chi connectivity index (χ1) is 10.1. The van der Waals surface area contributed by atoms with Crippen molar-refractivity contribution in [2.45, 2.75) is 19.8 Å². The van der Waals surface area contributed by atoms with Gasteiger partial charge in [0.2, 0.25) is 0 Å². The molecule has 3 heteroatoms. The molecule has 0 bridgehead atoms. The fraction of sp³-hybridized carbons (Fsp3) is 0.167. The van der Waals surface area contributed by atoms with E-state index >= 15 is 0 Å². The maximum absolute atomic E-state index is 12.4. The largest absolute Gasteiger partial charge is 0.360 e. The van der Waals surface area contributed by atoms with Gasteiger partial charge in [0.15, 0.2) is 0 Å². The molecule has 0 radical (unpaired) electrons. The average Bonchev–Trinajstić information content (AvgIpc) is 2.91. The van der Waals surface area contributed by atoms with Gasteiger partial charge >= 0.3 is 0 Å². The summed E-state index contributed by atoms with van der Waals surface area (Å²) in [7, 11) is 0. The summed E-state index contributed by atoms with van der Waals surface area (Å²) in [5, 5.41) is 3.91. The minimum absolute atomic E-state index is 0.0895. The SMILES string of the molecule is CC(C)c1cccc(NC(=O)c2c[nH]c3ccccc23)c1. The Morgan fingerprint density at radius 3 is 2.71 bits per heavy atom. The van der Waals surface area contributed by atoms with Crippen LogP contribution in [0, 0.1) is 0 Å². The molecule has 3 nitrogen and oxygen atoms in total. The van der Waals surface area contributed by atoms with Crippen LogP contribution in [-0.2, 0) is 0 Å². The van der Waals surface area contributed by atoms with Crippen LogP contribution in [0.3, 0.4) is 0 Å². The molecule has 0 aliphatic carbocycles. The van der Waals surface area contributed by atoms with Gasteiger partial charge in [0, 0.05) is 22.8 Å². The van der Waals surface area contributed by atoms with E-state index in [1.807, 2.05) is 42.5 Å². The third kappa shape index (κ3) is 2.68. The Labute approximate surface area is 124 Å². The molecule has 3 rings (SSSR count). The fourth-order valence-corrected chi connectivity index (χ4v) is 2.43. The second-order valence-electron chi connectivity index (χ2n) is 5.48. The van der Waals surface area contributed by atoms with Crippen LogP contribution in [0.15, 0.2) is 54.7 Å². The number of aromatic amines is 1. The van der Waals surface area contributed by atoms with E-state index in [1.165, 1.54) is 5.56 Å². The zero-order valence-corrected chi connectivity index (χ0v) is 12.2. The highest BCUT2D eigenvalue weighted by Crippen LogP contribution is 2.21. The molecule has 3 aromatic rings. The molecule has 21 heavy (non-hydrogen) atoms. The van der Waals surface area contributed by atoms with Crippen molar-refractivity contribution in [1.82, 2.24) is 4.98 Å². The smallest absolute Gasteiger partial charge is 0.257 e. The lowest BCUT2D eigenvalue weighted by Gasteiger charge is -2.09. The number of carbonyl (C=O) groups excluding carboxylic acids is 1. The average molecular weight is 278 g/mol. The lowest BCUT2D eigenvalue weighted by molar-refractivity contribution is 0.102. The van der Waals surface area contributed by atoms with Crippen molar-refractivity contribution in [2.24, 2.45) is 0 Å². The summed E-state index contributed by atoms with van der Waals surface area (Å²) >= 11 is 0. The molecule has 0 spiro atoms. The monoisotopic (exact) mass is 278 g/mol. The molecule has 0 aliphatic rings. The number of fused-ring (bicyclic) bond motifs is 1. The highest BCUT2D eigenvalue weighted by molar-refractivity contribution is 6.12. The summed E-state index contributed by atoms with van der Waals surface area (Å²) in [6.07, 6.45) is 1.76. The topological polar surface area (TPSA) is 44.9 Å². The Morgan fingerprint density at radius 2 is 1.90 bits per heavy atom. The number of anilines is 1. The first-order valence-corrected chi connectivity index (χ1v) is 7.12. The van der Waals surface area contributed by atoms with Crippen LogP contribution in [0.4, 0.5) is 5.69 Å². The predicted molar refractivity (Wildman–Crippen MR) is 86.8 cm³/mol. The van der Waals surface area contributed by atoms with Crippen LogP contribution in [-0.4, -0.2) is 10.9 Å². The molecular weight excluding hydrogens is 260 g/mol. The lowest BCUT2D eigenvalue weighted by atomic mass is 10.0. The Balaban J connectivity index is 1.88. The van der Waals surface area contributed by atoms with Crippen LogP contribution in [0.5, 0.6) is 0 Å². The van der Waals surface area contributed by atoms with E-state index < -0.39 is 0 Å². The second-order valence-corrected chi connectivity index (χ2v) is 5.48. The Morgan fingerprint density at radius 1 is 1.10 bits per heavy atom. The van der Waals surface area contributed by atoms with E-state index in [1.54, 1.807) is 6.20 Å². The summed E-state index contributed by atoms with van der Waals surface area (Å²) in [5.74, 6) is 0.350. The number of amides is 1. The quantitative estimate of drug-likeness (QED) is 0.725. The molecule has 0 saturated carbocycles. The first-order valence-electron chi connectivity index (χ1n) is 7.12. The van der Waals surface area contributed by atoms with Crippen molar-refractivity contribution in [2.75, 3.05) is 5.32 Å². The van der Waals surface area contributed by atoms with Crippen molar-refractivity contribution >= 4 is 22.5 Å². The summed E-state index contributed by atoms with van der Waals surface area (Å²) in [5.41, 5.74) is 3.68. The van der Waals surface area contributed by atoms with Crippen LogP contribution >= 0.6 is 0 Å². The van der Waals surface area contributed by atoms with Crippen molar-refractivity contribution < 1.29 is 4.79 Å². The van der Waals surface area contributed by atoms with Crippen LogP contribution in [0.2, 0.25) is 0 Å². The molecule has 1 aromatic heterocycles. The lowest BCUT2D eigenvalue weighted by Crippen LogP contribution is -2.11. The number of H-pyrrole nitrogens is 1. The van der Waals surface area contributed by atoms with Gasteiger partial charge in [0.1, 0.15) is 0 Å². The molecule has 1 heterocycles. The molecule has 0 fully saturated rings. The molecular formula is C18H18N2O. The predicted octanol–water partition coefficient (Wildman–Crippen LogP) is 4.54. The van der Waals surface area contributed by atoms with Gasteiger partial charge in [-0.3, -0.25) is 4.79 Å². The first kappa shape index (κ1) is 13.4. The molecule has 0 atom stereocenters. The van der Waals surface area contributed by atoms with Crippen molar-refractivity contribution in [1.29, 1.82) is 0 Å². The number of hydrogen-bond donors (Lipinski definition) is 2. The van der Waals surface area contributed by atoms with E-state index in [0.29, 0.717) is 11.5 Å². The fourth-order valence-electron chi connectivity index (χ4n) is 2.43. The van der Waals surface area contributed by atoms with E-state index in [0.717, 1.165) is 16.6 Å². The van der Waals surface area contributed by atoms with Gasteiger partial charge in [-0.25, -0.2) is 0 Å². The summed E-state index contributed by atoms with van der Waals surface area (Å²) in [6.45, 7) is 4.28. The Bertz CT molecular complexity index is 787. The number of aromatic nitrogens is 1. The third-order valence-corrected chi connectivity index (χ3v) is 3.65. The van der Waals surface area contributed by atoms with Crippen LogP contribution in [0.1, 0.15) is 35.7 Å². The van der Waals surface area contributed by atoms with E-state index in [9.17, 15) is 4.79 Å². The van der Waals surface area contributed by atoms with Gasteiger partial charge < -0.3 is 10.3 Å². The summed E-state index contributed by atoms with van der Waals surface area (Å²) in [6, 6.07) is 15.8. The van der Waals surface area contributed by atoms with Gasteiger partial charge in [-0.2, -0.15) is 0 Å². The Kier molecular flexibility index (Phi) is 3.48. The molecule has 1 amide bonds. The van der Waals surface area contributed by atoms with Crippen LogP contribution in [0.25, 0.3) is 10.9 Å². The summed E-state index contributed by atoms with van der Waals surface area (Å²) in [4.78, 5) is 15.6. The number of carbonyl (C=O) groups is 1. The third-order valence-electron chi connectivity index (χ3n) is 3.65. The minimum Gasteiger partial charge on any atom is -0.360 e. The van der Waals surface area contributed by atoms with Gasteiger partial charge in [-0.05, 0) is 29.7 Å². The zero-order valence-electron chi connectivity index (χ0n) is 12.2. The minimum atomic E-state index is -0.0895. The van der Waals surface area contributed by atoms with Crippen molar-refractivity contribution in [3.8, 4) is 0 Å². The Hall–Kier alpha value is -2.55. The van der Waals surface area contributed by atoms with Crippen molar-refractivity contribution in [3.63, 3.8) is 0 Å². The van der Waals surface area contributed by atoms with Gasteiger partial charge in [-0.1, -0.05) is 44.2 Å². The number of nitrogens with one attached hydrogen (secondary N) is 2. The maximum Gasteiger partial charge on any atom is 0.257 e. The molecule has 0 aliphatic heterocycles. The number of hydrogen-bond acceptors (Lipinski definition) is 1. The van der Waals surface area contributed by atoms with Gasteiger partial charge in [-0.15, -0.1) is 0 Å². The highest BCUT2D eigenvalue weighted by Gasteiger charge is 2.12. The standard InChI is InChI=1S/C18H18N2O/c1-12(2)13-6-5-7-14(10-13)20-18(21)16-11-19-17-9-4-3-8-15(16)17/h3-12,19H,1-2H3,(H,20,21). The normalized spacial score (nSPS) is 11.0. The van der Waals surface area contributed by atoms with Crippen molar-refractivity contribution in [3.05, 3.63) is 65.9 Å². The van der Waals surface area contributed by atoms with E-state index in [-0.39, 0.29) is 5.91 Å². The summed E-state index contributed by atoms with van der Waals surface area (Å²) < 4.78 is 0.